The van der Waals surface area contributed by atoms with Gasteiger partial charge in [-0.15, -0.1) is 11.3 Å². The van der Waals surface area contributed by atoms with Crippen LogP contribution in [-0.2, 0) is 23.1 Å². The van der Waals surface area contributed by atoms with Crippen molar-refractivity contribution in [2.45, 2.75) is 68.4 Å². The van der Waals surface area contributed by atoms with E-state index < -0.39 is 11.0 Å². The average molecular weight is 468 g/mol. The van der Waals surface area contributed by atoms with E-state index in [2.05, 4.69) is 16.0 Å². The number of hydrogen-bond acceptors (Lipinski definition) is 6. The van der Waals surface area contributed by atoms with Gasteiger partial charge in [-0.1, -0.05) is 6.07 Å². The van der Waals surface area contributed by atoms with Gasteiger partial charge in [-0.05, 0) is 74.2 Å². The molecule has 2 saturated heterocycles. The molecule has 33 heavy (non-hydrogen) atoms. The van der Waals surface area contributed by atoms with E-state index in [-0.39, 0.29) is 17.7 Å². The number of thiazole rings is 1. The highest BCUT2D eigenvalue weighted by molar-refractivity contribution is 7.09. The Bertz CT molecular complexity index is 1040. The number of likely N-dealkylation sites (tertiary alicyclic amines) is 2. The van der Waals surface area contributed by atoms with E-state index in [9.17, 15) is 15.0 Å². The van der Waals surface area contributed by atoms with Crippen LogP contribution < -0.4 is 0 Å². The van der Waals surface area contributed by atoms with Crippen molar-refractivity contribution < 1.29 is 15.0 Å². The molecule has 4 aliphatic rings. The monoisotopic (exact) mass is 467 g/mol. The number of piperidine rings is 1. The largest absolute Gasteiger partial charge is 0.508 e. The fraction of sp³-hybridized carbons (Fsp3) is 0.615. The zero-order chi connectivity index (χ0) is 22.6. The fourth-order valence-corrected chi connectivity index (χ4v) is 7.48. The van der Waals surface area contributed by atoms with E-state index in [1.807, 2.05) is 16.3 Å². The molecule has 2 aliphatic heterocycles. The van der Waals surface area contributed by atoms with Crippen molar-refractivity contribution in [1.29, 1.82) is 0 Å². The van der Waals surface area contributed by atoms with E-state index in [4.69, 9.17) is 0 Å². The third-order valence-corrected chi connectivity index (χ3v) is 9.66. The minimum atomic E-state index is -0.884. The van der Waals surface area contributed by atoms with Gasteiger partial charge in [0.05, 0.1) is 10.6 Å². The Morgan fingerprint density at radius 3 is 2.79 bits per heavy atom. The molecule has 7 heteroatoms. The number of aliphatic hydroxyl groups is 1. The number of carbonyl (C=O) groups excluding carboxylic acids is 1. The summed E-state index contributed by atoms with van der Waals surface area (Å²) >= 11 is 1.60. The van der Waals surface area contributed by atoms with Crippen molar-refractivity contribution >= 4 is 17.2 Å². The molecule has 0 unspecified atom stereocenters. The Morgan fingerprint density at radius 1 is 1.18 bits per heavy atom. The van der Waals surface area contributed by atoms with E-state index >= 15 is 0 Å². The summed E-state index contributed by atoms with van der Waals surface area (Å²) in [6.45, 7) is 3.31. The van der Waals surface area contributed by atoms with E-state index in [0.717, 1.165) is 48.8 Å². The molecular weight excluding hydrogens is 434 g/mol. The van der Waals surface area contributed by atoms with Crippen molar-refractivity contribution in [2.75, 3.05) is 26.2 Å². The van der Waals surface area contributed by atoms with E-state index in [1.165, 1.54) is 18.4 Å². The van der Waals surface area contributed by atoms with Crippen molar-refractivity contribution in [3.05, 3.63) is 45.9 Å². The number of hydrogen-bond donors (Lipinski definition) is 2. The molecule has 6 nitrogen and oxygen atoms in total. The molecule has 6 rings (SSSR count). The van der Waals surface area contributed by atoms with Gasteiger partial charge in [0, 0.05) is 55.5 Å². The number of phenols is 1. The lowest BCUT2D eigenvalue weighted by Crippen LogP contribution is -2.71. The average Bonchev–Trinajstić information content (AvgIpc) is 3.50. The van der Waals surface area contributed by atoms with Crippen molar-refractivity contribution in [3.8, 4) is 5.75 Å². The summed E-state index contributed by atoms with van der Waals surface area (Å²) in [7, 11) is 0. The van der Waals surface area contributed by atoms with Gasteiger partial charge in [0.15, 0.2) is 0 Å². The van der Waals surface area contributed by atoms with Crippen molar-refractivity contribution in [2.24, 2.45) is 5.92 Å². The second-order valence-electron chi connectivity index (χ2n) is 10.6. The van der Waals surface area contributed by atoms with Gasteiger partial charge in [0.2, 0.25) is 5.91 Å². The van der Waals surface area contributed by atoms with Crippen LogP contribution in [0, 0.1) is 5.92 Å². The number of aromatic hydroxyl groups is 1. The van der Waals surface area contributed by atoms with Gasteiger partial charge in [-0.25, -0.2) is 4.98 Å². The zero-order valence-electron chi connectivity index (χ0n) is 19.1. The van der Waals surface area contributed by atoms with Gasteiger partial charge in [0.1, 0.15) is 5.75 Å². The van der Waals surface area contributed by atoms with Gasteiger partial charge in [-0.3, -0.25) is 9.69 Å². The van der Waals surface area contributed by atoms with Crippen LogP contribution in [0.3, 0.4) is 0 Å². The van der Waals surface area contributed by atoms with Crippen LogP contribution in [0.15, 0.2) is 29.8 Å². The molecule has 2 N–H and O–H groups in total. The van der Waals surface area contributed by atoms with Crippen LogP contribution in [0.4, 0.5) is 0 Å². The Balaban J connectivity index is 1.30. The van der Waals surface area contributed by atoms with Crippen LogP contribution in [0.2, 0.25) is 0 Å². The summed E-state index contributed by atoms with van der Waals surface area (Å²) in [5.41, 5.74) is 1.08. The first-order valence-electron chi connectivity index (χ1n) is 12.4. The first-order chi connectivity index (χ1) is 16.0. The number of rotatable bonds is 5. The smallest absolute Gasteiger partial charge is 0.222 e. The molecule has 3 fully saturated rings. The number of carbonyl (C=O) groups is 1. The quantitative estimate of drug-likeness (QED) is 0.707. The molecule has 0 radical (unpaired) electrons. The number of aromatic nitrogens is 1. The standard InChI is InChI=1S/C26H33N3O3S/c30-20-4-3-19-15-22-26(32)9-13-28(24(31)6-5-23-27-10-14-33-23)11-7-25(26,21(19)16-20)8-12-29(22)17-18-1-2-18/h3-4,10,14,16,18,22,30,32H,1-2,5-9,11-13,15,17H2/t22-,25+,26-/m1/s1. The highest BCUT2D eigenvalue weighted by atomic mass is 32.1. The third kappa shape index (κ3) is 3.60. The van der Waals surface area contributed by atoms with Crippen LogP contribution in [0.5, 0.6) is 5.75 Å². The van der Waals surface area contributed by atoms with Crippen LogP contribution >= 0.6 is 11.3 Å². The summed E-state index contributed by atoms with van der Waals surface area (Å²) in [6, 6.07) is 5.81. The van der Waals surface area contributed by atoms with Crippen molar-refractivity contribution in [1.82, 2.24) is 14.8 Å². The topological polar surface area (TPSA) is 76.9 Å². The lowest BCUT2D eigenvalue weighted by Gasteiger charge is -2.61. The van der Waals surface area contributed by atoms with Gasteiger partial charge in [0.25, 0.3) is 0 Å². The molecule has 3 atom stereocenters. The number of nitrogens with zero attached hydrogens (tertiary/aromatic N) is 3. The Labute approximate surface area is 199 Å². The molecular formula is C26H33N3O3S. The molecule has 1 saturated carbocycles. The van der Waals surface area contributed by atoms with Crippen molar-refractivity contribution in [3.63, 3.8) is 0 Å². The minimum absolute atomic E-state index is 0.0780. The van der Waals surface area contributed by atoms with Crippen LogP contribution in [0.25, 0.3) is 0 Å². The van der Waals surface area contributed by atoms with E-state index in [1.54, 1.807) is 23.6 Å². The zero-order valence-corrected chi connectivity index (χ0v) is 19.9. The molecule has 1 aromatic heterocycles. The lowest BCUT2D eigenvalue weighted by molar-refractivity contribution is -0.149. The molecule has 2 aliphatic carbocycles. The highest BCUT2D eigenvalue weighted by Gasteiger charge is 2.63. The second-order valence-corrected chi connectivity index (χ2v) is 11.5. The first-order valence-corrected chi connectivity index (χ1v) is 13.3. The van der Waals surface area contributed by atoms with E-state index in [0.29, 0.717) is 32.4 Å². The molecule has 3 heterocycles. The maximum Gasteiger partial charge on any atom is 0.222 e. The number of aryl methyl sites for hydroxylation is 1. The minimum Gasteiger partial charge on any atom is -0.508 e. The normalized spacial score (nSPS) is 31.5. The Morgan fingerprint density at radius 2 is 2.00 bits per heavy atom. The highest BCUT2D eigenvalue weighted by Crippen LogP contribution is 2.56. The maximum atomic E-state index is 13.1. The number of phenolic OH excluding ortho intramolecular Hbond substituents is 1. The predicted molar refractivity (Wildman–Crippen MR) is 127 cm³/mol. The molecule has 2 aromatic rings. The summed E-state index contributed by atoms with van der Waals surface area (Å²) in [6.07, 6.45) is 8.58. The summed E-state index contributed by atoms with van der Waals surface area (Å²) in [5, 5.41) is 25.8. The number of benzene rings is 1. The maximum absolute atomic E-state index is 13.1. The van der Waals surface area contributed by atoms with Gasteiger partial charge >= 0.3 is 0 Å². The third-order valence-electron chi connectivity index (χ3n) is 8.82. The Kier molecular flexibility index (Phi) is 5.27. The Hall–Kier alpha value is -1.96. The summed E-state index contributed by atoms with van der Waals surface area (Å²) < 4.78 is 0. The predicted octanol–water partition coefficient (Wildman–Crippen LogP) is 3.11. The molecule has 0 spiro atoms. The van der Waals surface area contributed by atoms with Gasteiger partial charge in [-0.2, -0.15) is 0 Å². The molecule has 1 amide bonds. The molecule has 176 valence electrons. The summed E-state index contributed by atoms with van der Waals surface area (Å²) in [4.78, 5) is 22.0. The SMILES string of the molecule is O=C(CCc1nccs1)N1CC[C@]23CCN(CC4CC4)[C@H](Cc4ccc(O)cc42)[C@]3(O)CC1. The van der Waals surface area contributed by atoms with Crippen LogP contribution in [0.1, 0.15) is 54.7 Å². The van der Waals surface area contributed by atoms with Gasteiger partial charge < -0.3 is 15.1 Å². The number of amides is 1. The number of fused-ring (bicyclic) bond motifs is 1. The first kappa shape index (κ1) is 21.6. The van der Waals surface area contributed by atoms with Crippen LogP contribution in [-0.4, -0.2) is 68.7 Å². The second kappa shape index (κ2) is 8.07. The fourth-order valence-electron chi connectivity index (χ4n) is 6.86. The lowest BCUT2D eigenvalue weighted by atomic mass is 9.52. The summed E-state index contributed by atoms with van der Waals surface area (Å²) in [5.74, 6) is 1.20. The molecule has 2 bridgehead atoms. The molecule has 1 aromatic carbocycles.